The lowest BCUT2D eigenvalue weighted by Gasteiger charge is -2.34. The van der Waals surface area contributed by atoms with E-state index in [2.05, 4.69) is 5.32 Å². The smallest absolute Gasteiger partial charge is 0.337 e. The van der Waals surface area contributed by atoms with Gasteiger partial charge in [-0.15, -0.1) is 0 Å². The molecule has 0 spiro atoms. The summed E-state index contributed by atoms with van der Waals surface area (Å²) in [6.07, 6.45) is 1.02. The number of ether oxygens (including phenoxy) is 1. The summed E-state index contributed by atoms with van der Waals surface area (Å²) in [6.45, 7) is 0. The fourth-order valence-corrected chi connectivity index (χ4v) is 4.18. The van der Waals surface area contributed by atoms with Gasteiger partial charge in [-0.05, 0) is 47.7 Å². The Morgan fingerprint density at radius 1 is 0.966 bits per heavy atom. The molecule has 0 radical (unpaired) electrons. The fraction of sp³-hybridized carbons (Fsp3) is 0.261. The van der Waals surface area contributed by atoms with E-state index in [0.29, 0.717) is 29.7 Å². The monoisotopic (exact) mass is 393 g/mol. The third-order valence-corrected chi connectivity index (χ3v) is 5.61. The van der Waals surface area contributed by atoms with Crippen molar-refractivity contribution in [1.82, 2.24) is 5.32 Å². The molecule has 2 aromatic carbocycles. The Bertz CT molecular complexity index is 1010. The largest absolute Gasteiger partial charge is 0.465 e. The number of halogens is 1. The lowest BCUT2D eigenvalue weighted by atomic mass is 9.73. The van der Waals surface area contributed by atoms with Crippen LogP contribution in [0.25, 0.3) is 0 Å². The molecule has 1 heterocycles. The maximum absolute atomic E-state index is 13.2. The second kappa shape index (κ2) is 7.62. The van der Waals surface area contributed by atoms with Gasteiger partial charge in [-0.3, -0.25) is 9.59 Å². The van der Waals surface area contributed by atoms with Crippen molar-refractivity contribution in [2.75, 3.05) is 7.11 Å². The van der Waals surface area contributed by atoms with E-state index in [1.165, 1.54) is 19.2 Å². The van der Waals surface area contributed by atoms with Crippen LogP contribution in [0.3, 0.4) is 0 Å². The topological polar surface area (TPSA) is 72.5 Å². The van der Waals surface area contributed by atoms with Gasteiger partial charge in [0.05, 0.1) is 12.7 Å². The number of hydrogen-bond donors (Lipinski definition) is 1. The first-order chi connectivity index (χ1) is 14.0. The Morgan fingerprint density at radius 2 is 1.62 bits per heavy atom. The van der Waals surface area contributed by atoms with Crippen LogP contribution < -0.4 is 5.32 Å². The van der Waals surface area contributed by atoms with Crippen LogP contribution in [-0.4, -0.2) is 24.8 Å². The van der Waals surface area contributed by atoms with Gasteiger partial charge in [0.1, 0.15) is 5.82 Å². The lowest BCUT2D eigenvalue weighted by molar-refractivity contribution is -0.122. The Morgan fingerprint density at radius 3 is 2.28 bits per heavy atom. The first-order valence-corrected chi connectivity index (χ1v) is 9.46. The summed E-state index contributed by atoms with van der Waals surface area (Å²) in [5.41, 5.74) is 3.39. The first-order valence-electron chi connectivity index (χ1n) is 9.46. The van der Waals surface area contributed by atoms with E-state index >= 15 is 0 Å². The molecule has 0 fully saturated rings. The van der Waals surface area contributed by atoms with E-state index in [9.17, 15) is 18.8 Å². The van der Waals surface area contributed by atoms with E-state index < -0.39 is 5.97 Å². The molecule has 29 heavy (non-hydrogen) atoms. The number of methoxy groups -OCH3 is 1. The maximum atomic E-state index is 13.2. The van der Waals surface area contributed by atoms with Crippen LogP contribution in [0.1, 0.15) is 52.6 Å². The molecule has 2 aliphatic rings. The van der Waals surface area contributed by atoms with Crippen molar-refractivity contribution in [2.45, 2.75) is 31.1 Å². The number of carbonyl (C=O) groups is 3. The lowest BCUT2D eigenvalue weighted by Crippen LogP contribution is -2.38. The molecule has 0 bridgehead atoms. The zero-order chi connectivity index (χ0) is 20.5. The summed E-state index contributed by atoms with van der Waals surface area (Å²) in [7, 11) is 1.32. The average molecular weight is 393 g/mol. The molecule has 2 aromatic rings. The second-order valence-electron chi connectivity index (χ2n) is 7.39. The van der Waals surface area contributed by atoms with Crippen molar-refractivity contribution in [3.05, 3.63) is 82.3 Å². The Balaban J connectivity index is 1.66. The molecule has 0 aromatic heterocycles. The molecular weight excluding hydrogens is 373 g/mol. The highest BCUT2D eigenvalue weighted by molar-refractivity contribution is 6.02. The van der Waals surface area contributed by atoms with Crippen LogP contribution in [0, 0.1) is 5.82 Å². The fourth-order valence-electron chi connectivity index (χ4n) is 4.18. The van der Waals surface area contributed by atoms with Crippen molar-refractivity contribution in [1.29, 1.82) is 0 Å². The van der Waals surface area contributed by atoms with E-state index in [0.717, 1.165) is 11.1 Å². The van der Waals surface area contributed by atoms with Crippen molar-refractivity contribution >= 4 is 17.7 Å². The SMILES string of the molecule is COC(=O)c1ccc([C@@H]2CC(=O)NC3=C2C(=O)C[C@H](c2ccc(F)cc2)C3)cc1. The predicted molar refractivity (Wildman–Crippen MR) is 104 cm³/mol. The molecule has 1 aliphatic heterocycles. The summed E-state index contributed by atoms with van der Waals surface area (Å²) in [6, 6.07) is 13.0. The van der Waals surface area contributed by atoms with Crippen molar-refractivity contribution in [3.63, 3.8) is 0 Å². The number of rotatable bonds is 3. The summed E-state index contributed by atoms with van der Waals surface area (Å²) in [5.74, 6) is -1.35. The maximum Gasteiger partial charge on any atom is 0.337 e. The van der Waals surface area contributed by atoms with Crippen molar-refractivity contribution in [3.8, 4) is 0 Å². The number of Topliss-reactive ketones (excluding diaryl/α,β-unsaturated/α-hetero) is 1. The molecule has 5 nitrogen and oxygen atoms in total. The molecule has 4 rings (SSSR count). The van der Waals surface area contributed by atoms with Gasteiger partial charge >= 0.3 is 5.97 Å². The minimum atomic E-state index is -0.436. The van der Waals surface area contributed by atoms with Gasteiger partial charge in [-0.1, -0.05) is 24.3 Å². The molecule has 0 saturated carbocycles. The molecule has 6 heteroatoms. The molecule has 2 atom stereocenters. The zero-order valence-electron chi connectivity index (χ0n) is 15.9. The van der Waals surface area contributed by atoms with Crippen molar-refractivity contribution < 1.29 is 23.5 Å². The summed E-state index contributed by atoms with van der Waals surface area (Å²) < 4.78 is 17.9. The molecule has 1 N–H and O–H groups in total. The van der Waals surface area contributed by atoms with Crippen LogP contribution in [-0.2, 0) is 14.3 Å². The van der Waals surface area contributed by atoms with Gasteiger partial charge < -0.3 is 10.1 Å². The minimum absolute atomic E-state index is 0.0115. The second-order valence-corrected chi connectivity index (χ2v) is 7.39. The van der Waals surface area contributed by atoms with Crippen LogP contribution in [0.4, 0.5) is 4.39 Å². The highest BCUT2D eigenvalue weighted by Crippen LogP contribution is 2.42. The van der Waals surface area contributed by atoms with Crippen LogP contribution in [0.15, 0.2) is 59.8 Å². The van der Waals surface area contributed by atoms with Gasteiger partial charge in [0.25, 0.3) is 0 Å². The summed E-state index contributed by atoms with van der Waals surface area (Å²) in [5, 5.41) is 2.87. The summed E-state index contributed by atoms with van der Waals surface area (Å²) >= 11 is 0. The molecule has 1 aliphatic carbocycles. The molecule has 1 amide bonds. The number of nitrogens with one attached hydrogen (secondary N) is 1. The minimum Gasteiger partial charge on any atom is -0.465 e. The van der Waals surface area contributed by atoms with E-state index in [4.69, 9.17) is 4.74 Å². The molecular formula is C23H20FNO4. The van der Waals surface area contributed by atoms with Gasteiger partial charge in [0.2, 0.25) is 5.91 Å². The van der Waals surface area contributed by atoms with E-state index in [-0.39, 0.29) is 35.8 Å². The number of carbonyl (C=O) groups excluding carboxylic acids is 3. The van der Waals surface area contributed by atoms with Crippen LogP contribution in [0.5, 0.6) is 0 Å². The normalized spacial score (nSPS) is 21.4. The third kappa shape index (κ3) is 3.70. The first kappa shape index (κ1) is 19.1. The van der Waals surface area contributed by atoms with Gasteiger partial charge in [-0.2, -0.15) is 0 Å². The average Bonchev–Trinajstić information content (AvgIpc) is 2.72. The quantitative estimate of drug-likeness (QED) is 0.809. The highest BCUT2D eigenvalue weighted by atomic mass is 19.1. The Kier molecular flexibility index (Phi) is 5.01. The third-order valence-electron chi connectivity index (χ3n) is 5.61. The van der Waals surface area contributed by atoms with Crippen LogP contribution >= 0.6 is 0 Å². The van der Waals surface area contributed by atoms with Crippen molar-refractivity contribution in [2.24, 2.45) is 0 Å². The number of ketones is 1. The van der Waals surface area contributed by atoms with E-state index in [1.807, 2.05) is 0 Å². The highest BCUT2D eigenvalue weighted by Gasteiger charge is 2.38. The zero-order valence-corrected chi connectivity index (χ0v) is 15.9. The molecule has 148 valence electrons. The van der Waals surface area contributed by atoms with Gasteiger partial charge in [0, 0.05) is 30.0 Å². The molecule has 0 unspecified atom stereocenters. The Labute approximate surface area is 167 Å². The van der Waals surface area contributed by atoms with Gasteiger partial charge in [-0.25, -0.2) is 9.18 Å². The standard InChI is InChI=1S/C23H20FNO4/c1-29-23(28)15-4-2-14(3-5-15)18-12-21(27)25-19-10-16(11-20(26)22(18)19)13-6-8-17(24)9-7-13/h2-9,16,18H,10-12H2,1H3,(H,25,27)/t16-,18+/m1/s1. The molecule has 0 saturated heterocycles. The number of hydrogen-bond acceptors (Lipinski definition) is 4. The van der Waals surface area contributed by atoms with E-state index in [1.54, 1.807) is 36.4 Å². The summed E-state index contributed by atoms with van der Waals surface area (Å²) in [4.78, 5) is 37.0. The van der Waals surface area contributed by atoms with Crippen LogP contribution in [0.2, 0.25) is 0 Å². The van der Waals surface area contributed by atoms with Gasteiger partial charge in [0.15, 0.2) is 5.78 Å². The number of esters is 1. The Hall–Kier alpha value is -3.28. The number of benzene rings is 2. The number of allylic oxidation sites excluding steroid dienone is 2. The predicted octanol–water partition coefficient (Wildman–Crippen LogP) is 3.62. The number of amides is 1.